The molecule has 0 aromatic carbocycles. The lowest BCUT2D eigenvalue weighted by molar-refractivity contribution is -0.167. The van der Waals surface area contributed by atoms with E-state index in [-0.39, 0.29) is 31.1 Å². The Labute approximate surface area is 412 Å². The standard InChI is InChI=1S/C61H100O6/c1-4-7-10-13-16-19-22-24-26-27-28-29-30-31-32-33-34-35-36-38-39-42-45-48-51-54-60(63)66-57-58(56-65-59(62)53-50-47-44-41-21-18-15-12-9-6-3)67-61(64)55-52-49-46-43-40-37-25-23-20-17-14-11-8-5-2/h7,10,14,16-17,19,23-26,28-29,31-32,34-35,38-39,58H,4-6,8-9,11-13,15,18,20-22,27,30,33,36-37,40-57H2,1-3H3/b10-7-,17-14-,19-16-,25-23-,26-24-,29-28-,32-31-,35-34-,39-38-. The number of hydrogen-bond donors (Lipinski definition) is 0. The van der Waals surface area contributed by atoms with Gasteiger partial charge in [0.25, 0.3) is 0 Å². The highest BCUT2D eigenvalue weighted by atomic mass is 16.6. The number of carbonyl (C=O) groups excluding carboxylic acids is 3. The quantitative estimate of drug-likeness (QED) is 0.0262. The first kappa shape index (κ1) is 63.1. The summed E-state index contributed by atoms with van der Waals surface area (Å²) in [6, 6.07) is 0. The van der Waals surface area contributed by atoms with Gasteiger partial charge in [-0.25, -0.2) is 0 Å². The van der Waals surface area contributed by atoms with Gasteiger partial charge in [-0.3, -0.25) is 14.4 Å². The van der Waals surface area contributed by atoms with E-state index in [1.807, 2.05) is 0 Å². The molecule has 0 aromatic heterocycles. The summed E-state index contributed by atoms with van der Waals surface area (Å²) in [5, 5.41) is 0. The van der Waals surface area contributed by atoms with Crippen LogP contribution in [0.2, 0.25) is 0 Å². The maximum absolute atomic E-state index is 12.8. The Hall–Kier alpha value is -3.93. The van der Waals surface area contributed by atoms with Crippen molar-refractivity contribution in [3.8, 4) is 0 Å². The third-order valence-electron chi connectivity index (χ3n) is 11.3. The smallest absolute Gasteiger partial charge is 0.306 e. The van der Waals surface area contributed by atoms with Crippen molar-refractivity contribution < 1.29 is 28.6 Å². The molecule has 0 saturated heterocycles. The second-order valence-corrected chi connectivity index (χ2v) is 17.8. The second-order valence-electron chi connectivity index (χ2n) is 17.8. The fourth-order valence-electron chi connectivity index (χ4n) is 7.14. The maximum Gasteiger partial charge on any atom is 0.306 e. The number of hydrogen-bond acceptors (Lipinski definition) is 6. The lowest BCUT2D eigenvalue weighted by atomic mass is 10.1. The molecule has 6 nitrogen and oxygen atoms in total. The van der Waals surface area contributed by atoms with Crippen molar-refractivity contribution in [2.45, 2.75) is 245 Å². The Bertz CT molecular complexity index is 1390. The van der Waals surface area contributed by atoms with Crippen molar-refractivity contribution in [1.29, 1.82) is 0 Å². The van der Waals surface area contributed by atoms with E-state index in [1.54, 1.807) is 0 Å². The van der Waals surface area contributed by atoms with E-state index in [9.17, 15) is 14.4 Å². The number of unbranched alkanes of at least 4 members (excludes halogenated alkanes) is 19. The molecule has 0 radical (unpaired) electrons. The van der Waals surface area contributed by atoms with E-state index >= 15 is 0 Å². The van der Waals surface area contributed by atoms with Gasteiger partial charge in [-0.05, 0) is 103 Å². The Balaban J connectivity index is 4.39. The van der Waals surface area contributed by atoms with Crippen molar-refractivity contribution >= 4 is 17.9 Å². The van der Waals surface area contributed by atoms with Crippen molar-refractivity contribution in [2.75, 3.05) is 13.2 Å². The van der Waals surface area contributed by atoms with Gasteiger partial charge in [-0.2, -0.15) is 0 Å². The van der Waals surface area contributed by atoms with Gasteiger partial charge in [0.1, 0.15) is 13.2 Å². The molecule has 0 fully saturated rings. The van der Waals surface area contributed by atoms with Gasteiger partial charge >= 0.3 is 17.9 Å². The molecule has 1 atom stereocenters. The summed E-state index contributed by atoms with van der Waals surface area (Å²) in [5.41, 5.74) is 0. The van der Waals surface area contributed by atoms with Crippen molar-refractivity contribution in [3.05, 3.63) is 109 Å². The average Bonchev–Trinajstić information content (AvgIpc) is 3.33. The van der Waals surface area contributed by atoms with Crippen LogP contribution in [-0.4, -0.2) is 37.2 Å². The normalized spacial score (nSPS) is 12.9. The minimum Gasteiger partial charge on any atom is -0.462 e. The molecule has 6 heteroatoms. The molecule has 380 valence electrons. The van der Waals surface area contributed by atoms with Crippen molar-refractivity contribution in [1.82, 2.24) is 0 Å². The highest BCUT2D eigenvalue weighted by molar-refractivity contribution is 5.71. The largest absolute Gasteiger partial charge is 0.462 e. The van der Waals surface area contributed by atoms with Gasteiger partial charge in [-0.1, -0.05) is 226 Å². The van der Waals surface area contributed by atoms with Gasteiger partial charge in [0.2, 0.25) is 0 Å². The minimum absolute atomic E-state index is 0.0947. The molecule has 0 aliphatic heterocycles. The molecule has 1 unspecified atom stereocenters. The molecule has 0 N–H and O–H groups in total. The Morgan fingerprint density at radius 3 is 0.970 bits per heavy atom. The molecular weight excluding hydrogens is 829 g/mol. The number of allylic oxidation sites excluding steroid dienone is 18. The van der Waals surface area contributed by atoms with Gasteiger partial charge in [0, 0.05) is 19.3 Å². The molecule has 0 rings (SSSR count). The molecule has 0 amide bonds. The predicted molar refractivity (Wildman–Crippen MR) is 288 cm³/mol. The van der Waals surface area contributed by atoms with Crippen LogP contribution in [0.5, 0.6) is 0 Å². The van der Waals surface area contributed by atoms with E-state index in [0.717, 1.165) is 135 Å². The van der Waals surface area contributed by atoms with E-state index in [0.29, 0.717) is 19.3 Å². The Morgan fingerprint density at radius 2 is 0.597 bits per heavy atom. The van der Waals surface area contributed by atoms with Gasteiger partial charge in [0.15, 0.2) is 6.10 Å². The number of ether oxygens (including phenoxy) is 3. The zero-order valence-corrected chi connectivity index (χ0v) is 43.4. The zero-order valence-electron chi connectivity index (χ0n) is 43.4. The predicted octanol–water partition coefficient (Wildman–Crippen LogP) is 18.3. The van der Waals surface area contributed by atoms with Crippen molar-refractivity contribution in [3.63, 3.8) is 0 Å². The number of rotatable bonds is 48. The van der Waals surface area contributed by atoms with Crippen LogP contribution < -0.4 is 0 Å². The highest BCUT2D eigenvalue weighted by Crippen LogP contribution is 2.14. The third-order valence-corrected chi connectivity index (χ3v) is 11.3. The first-order valence-electron chi connectivity index (χ1n) is 27.4. The van der Waals surface area contributed by atoms with Crippen LogP contribution in [0.15, 0.2) is 109 Å². The van der Waals surface area contributed by atoms with Crippen LogP contribution in [0.3, 0.4) is 0 Å². The van der Waals surface area contributed by atoms with Crippen LogP contribution in [0.25, 0.3) is 0 Å². The molecule has 0 aliphatic carbocycles. The van der Waals surface area contributed by atoms with E-state index < -0.39 is 6.10 Å². The molecule has 0 aromatic rings. The maximum atomic E-state index is 12.8. The lowest BCUT2D eigenvalue weighted by Gasteiger charge is -2.18. The highest BCUT2D eigenvalue weighted by Gasteiger charge is 2.19. The Kier molecular flexibility index (Phi) is 51.5. The van der Waals surface area contributed by atoms with Crippen LogP contribution in [0, 0.1) is 0 Å². The average molecular weight is 929 g/mol. The first-order valence-corrected chi connectivity index (χ1v) is 27.4. The van der Waals surface area contributed by atoms with Gasteiger partial charge < -0.3 is 14.2 Å². The molecule has 0 bridgehead atoms. The summed E-state index contributed by atoms with van der Waals surface area (Å²) < 4.78 is 16.8. The summed E-state index contributed by atoms with van der Waals surface area (Å²) in [6.07, 6.45) is 73.6. The van der Waals surface area contributed by atoms with Crippen molar-refractivity contribution in [2.24, 2.45) is 0 Å². The van der Waals surface area contributed by atoms with E-state index in [4.69, 9.17) is 14.2 Å². The molecule has 67 heavy (non-hydrogen) atoms. The molecule has 0 aliphatic rings. The topological polar surface area (TPSA) is 78.9 Å². The monoisotopic (exact) mass is 929 g/mol. The number of carbonyl (C=O) groups is 3. The molecule has 0 heterocycles. The molecule has 0 spiro atoms. The minimum atomic E-state index is -0.798. The summed E-state index contributed by atoms with van der Waals surface area (Å²) in [4.78, 5) is 38.0. The fraction of sp³-hybridized carbons (Fsp3) is 0.656. The SMILES string of the molecule is CC/C=C\C/C=C\C/C=C\C/C=C\C/C=C\C/C=C\C/C=C\CCCCCC(=O)OCC(COC(=O)CCCCCCCCCCCC)OC(=O)CCCCCCC/C=C\C/C=C\CCCC. The van der Waals surface area contributed by atoms with Crippen LogP contribution in [0.4, 0.5) is 0 Å². The summed E-state index contributed by atoms with van der Waals surface area (Å²) >= 11 is 0. The molecule has 0 saturated carbocycles. The van der Waals surface area contributed by atoms with Crippen LogP contribution >= 0.6 is 0 Å². The molecular formula is C61H100O6. The van der Waals surface area contributed by atoms with E-state index in [2.05, 4.69) is 130 Å². The zero-order chi connectivity index (χ0) is 48.6. The first-order chi connectivity index (χ1) is 33.0. The van der Waals surface area contributed by atoms with Crippen LogP contribution in [-0.2, 0) is 28.6 Å². The van der Waals surface area contributed by atoms with Gasteiger partial charge in [-0.15, -0.1) is 0 Å². The fourth-order valence-corrected chi connectivity index (χ4v) is 7.14. The van der Waals surface area contributed by atoms with Gasteiger partial charge in [0.05, 0.1) is 0 Å². The number of esters is 3. The second kappa shape index (κ2) is 54.7. The van der Waals surface area contributed by atoms with E-state index in [1.165, 1.54) is 64.2 Å². The summed E-state index contributed by atoms with van der Waals surface area (Å²) in [7, 11) is 0. The summed E-state index contributed by atoms with van der Waals surface area (Å²) in [6.45, 7) is 6.42. The Morgan fingerprint density at radius 1 is 0.313 bits per heavy atom. The summed E-state index contributed by atoms with van der Waals surface area (Å²) in [5.74, 6) is -0.948. The third kappa shape index (κ3) is 52.9. The van der Waals surface area contributed by atoms with Crippen LogP contribution in [0.1, 0.15) is 239 Å². The lowest BCUT2D eigenvalue weighted by Crippen LogP contribution is -2.30.